The molecule has 2 aromatic heterocycles. The van der Waals surface area contributed by atoms with Gasteiger partial charge in [-0.05, 0) is 35.9 Å². The Hall–Kier alpha value is -3.18. The zero-order chi connectivity index (χ0) is 16.5. The van der Waals surface area contributed by atoms with E-state index >= 15 is 0 Å². The summed E-state index contributed by atoms with van der Waals surface area (Å²) in [6.45, 7) is -0.00739. The molecule has 0 aliphatic heterocycles. The van der Waals surface area contributed by atoms with Gasteiger partial charge < -0.3 is 10.2 Å². The molecule has 4 aromatic rings. The minimum absolute atomic E-state index is 0.00739. The predicted octanol–water partition coefficient (Wildman–Crippen LogP) is 3.26. The van der Waals surface area contributed by atoms with Gasteiger partial charge in [0.1, 0.15) is 5.75 Å². The highest BCUT2D eigenvalue weighted by atomic mass is 16.3. The normalized spacial score (nSPS) is 11.0. The lowest BCUT2D eigenvalue weighted by molar-refractivity contribution is 0.282. The Bertz CT molecular complexity index is 1020. The molecule has 0 amide bonds. The molecule has 0 saturated heterocycles. The highest BCUT2D eigenvalue weighted by molar-refractivity contribution is 5.66. The van der Waals surface area contributed by atoms with Gasteiger partial charge in [-0.3, -0.25) is 0 Å². The van der Waals surface area contributed by atoms with Crippen LogP contribution >= 0.6 is 0 Å². The van der Waals surface area contributed by atoms with Crippen molar-refractivity contribution in [2.24, 2.45) is 0 Å². The van der Waals surface area contributed by atoms with Gasteiger partial charge in [-0.2, -0.15) is 5.10 Å². The van der Waals surface area contributed by atoms with Gasteiger partial charge in [-0.1, -0.05) is 30.3 Å². The molecule has 5 heteroatoms. The number of aliphatic hydroxyl groups is 1. The lowest BCUT2D eigenvalue weighted by Gasteiger charge is -2.06. The molecule has 0 fully saturated rings. The van der Waals surface area contributed by atoms with Crippen LogP contribution in [0, 0.1) is 0 Å². The van der Waals surface area contributed by atoms with Gasteiger partial charge in [0.15, 0.2) is 5.65 Å². The molecule has 0 bridgehead atoms. The number of phenolic OH excluding ortho intramolecular Hbond substituents is 1. The predicted molar refractivity (Wildman–Crippen MR) is 91.4 cm³/mol. The number of fused-ring (bicyclic) bond motifs is 1. The van der Waals surface area contributed by atoms with E-state index < -0.39 is 0 Å². The molecule has 5 nitrogen and oxygen atoms in total. The fourth-order valence-electron chi connectivity index (χ4n) is 2.72. The van der Waals surface area contributed by atoms with Crippen LogP contribution in [0.1, 0.15) is 5.56 Å². The smallest absolute Gasteiger partial charge is 0.154 e. The van der Waals surface area contributed by atoms with E-state index in [1.54, 1.807) is 28.9 Å². The zero-order valence-electron chi connectivity index (χ0n) is 12.8. The fraction of sp³-hybridized carbons (Fsp3) is 0.0526. The molecule has 0 radical (unpaired) electrons. The minimum atomic E-state index is -0.00739. The van der Waals surface area contributed by atoms with Crippen molar-refractivity contribution < 1.29 is 10.2 Å². The first-order chi connectivity index (χ1) is 11.7. The van der Waals surface area contributed by atoms with E-state index in [0.717, 1.165) is 33.7 Å². The Morgan fingerprint density at radius 1 is 0.917 bits per heavy atom. The first-order valence-corrected chi connectivity index (χ1v) is 7.59. The molecular weight excluding hydrogens is 302 g/mol. The van der Waals surface area contributed by atoms with Gasteiger partial charge in [0.2, 0.25) is 0 Å². The van der Waals surface area contributed by atoms with Crippen molar-refractivity contribution in [1.29, 1.82) is 0 Å². The first-order valence-electron chi connectivity index (χ1n) is 7.59. The molecular formula is C19H15N3O2. The summed E-state index contributed by atoms with van der Waals surface area (Å²) in [5.41, 5.74) is 4.95. The number of nitrogens with zero attached hydrogens (tertiary/aromatic N) is 3. The van der Waals surface area contributed by atoms with Crippen LogP contribution < -0.4 is 0 Å². The lowest BCUT2D eigenvalue weighted by atomic mass is 10.1. The number of imidazole rings is 1. The topological polar surface area (TPSA) is 70.7 Å². The van der Waals surface area contributed by atoms with Gasteiger partial charge in [-0.25, -0.2) is 9.50 Å². The molecule has 4 rings (SSSR count). The fourth-order valence-corrected chi connectivity index (χ4v) is 2.72. The van der Waals surface area contributed by atoms with Crippen LogP contribution in [0.3, 0.4) is 0 Å². The van der Waals surface area contributed by atoms with Crippen LogP contribution in [0.2, 0.25) is 0 Å². The third kappa shape index (κ3) is 2.51. The van der Waals surface area contributed by atoms with Crippen molar-refractivity contribution in [2.45, 2.75) is 6.61 Å². The van der Waals surface area contributed by atoms with E-state index in [1.807, 2.05) is 42.5 Å². The summed E-state index contributed by atoms with van der Waals surface area (Å²) in [5, 5.41) is 23.7. The number of aromatic nitrogens is 3. The van der Waals surface area contributed by atoms with Crippen LogP contribution in [0.15, 0.2) is 66.9 Å². The van der Waals surface area contributed by atoms with Crippen molar-refractivity contribution >= 4 is 5.65 Å². The molecule has 2 heterocycles. The van der Waals surface area contributed by atoms with Crippen LogP contribution in [0.5, 0.6) is 5.75 Å². The Balaban J connectivity index is 1.87. The summed E-state index contributed by atoms with van der Waals surface area (Å²) < 4.78 is 1.77. The molecule has 2 aromatic carbocycles. The van der Waals surface area contributed by atoms with Gasteiger partial charge in [-0.15, -0.1) is 0 Å². The number of hydrogen-bond donors (Lipinski definition) is 2. The number of rotatable bonds is 3. The van der Waals surface area contributed by atoms with Crippen molar-refractivity contribution in [2.75, 3.05) is 0 Å². The summed E-state index contributed by atoms with van der Waals surface area (Å²) in [4.78, 5) is 4.39. The highest BCUT2D eigenvalue weighted by Gasteiger charge is 2.09. The number of benzene rings is 2. The van der Waals surface area contributed by atoms with E-state index in [2.05, 4.69) is 10.1 Å². The minimum Gasteiger partial charge on any atom is -0.508 e. The average molecular weight is 317 g/mol. The molecule has 2 N–H and O–H groups in total. The van der Waals surface area contributed by atoms with E-state index in [0.29, 0.717) is 0 Å². The molecule has 0 unspecified atom stereocenters. The SMILES string of the molecule is OCc1cccc(-c2cnc3ccc(-c4cccc(O)c4)nn23)c1. The Morgan fingerprint density at radius 3 is 2.58 bits per heavy atom. The van der Waals surface area contributed by atoms with E-state index in [9.17, 15) is 10.2 Å². The maximum atomic E-state index is 9.67. The Morgan fingerprint density at radius 2 is 1.75 bits per heavy atom. The van der Waals surface area contributed by atoms with Crippen LogP contribution in [-0.4, -0.2) is 24.8 Å². The van der Waals surface area contributed by atoms with Crippen molar-refractivity contribution in [3.63, 3.8) is 0 Å². The van der Waals surface area contributed by atoms with Crippen molar-refractivity contribution in [1.82, 2.24) is 14.6 Å². The third-order valence-corrected chi connectivity index (χ3v) is 3.91. The quantitative estimate of drug-likeness (QED) is 0.608. The van der Waals surface area contributed by atoms with Crippen LogP contribution in [0.25, 0.3) is 28.2 Å². The van der Waals surface area contributed by atoms with Crippen molar-refractivity contribution in [3.8, 4) is 28.3 Å². The second-order valence-corrected chi connectivity index (χ2v) is 5.54. The summed E-state index contributed by atoms with van der Waals surface area (Å²) in [6, 6.07) is 18.4. The first kappa shape index (κ1) is 14.4. The van der Waals surface area contributed by atoms with E-state index in [-0.39, 0.29) is 12.4 Å². The molecule has 118 valence electrons. The zero-order valence-corrected chi connectivity index (χ0v) is 12.8. The molecule has 0 atom stereocenters. The highest BCUT2D eigenvalue weighted by Crippen LogP contribution is 2.25. The number of aromatic hydroxyl groups is 1. The van der Waals surface area contributed by atoms with E-state index in [4.69, 9.17) is 0 Å². The van der Waals surface area contributed by atoms with Gasteiger partial charge in [0.25, 0.3) is 0 Å². The Kier molecular flexibility index (Phi) is 3.48. The molecule has 0 spiro atoms. The summed E-state index contributed by atoms with van der Waals surface area (Å²) in [6.07, 6.45) is 1.77. The summed E-state index contributed by atoms with van der Waals surface area (Å²) in [5.74, 6) is 0.205. The van der Waals surface area contributed by atoms with Crippen LogP contribution in [-0.2, 0) is 6.61 Å². The monoisotopic (exact) mass is 317 g/mol. The second-order valence-electron chi connectivity index (χ2n) is 5.54. The largest absolute Gasteiger partial charge is 0.508 e. The maximum absolute atomic E-state index is 9.67. The standard InChI is InChI=1S/C19H15N3O2/c23-12-13-3-1-5-15(9-13)18-11-20-19-8-7-17(21-22(18)19)14-4-2-6-16(24)10-14/h1-11,23-24H,12H2. The van der Waals surface area contributed by atoms with Gasteiger partial charge in [0.05, 0.1) is 24.2 Å². The van der Waals surface area contributed by atoms with Gasteiger partial charge >= 0.3 is 0 Å². The lowest BCUT2D eigenvalue weighted by Crippen LogP contribution is -1.97. The van der Waals surface area contributed by atoms with Crippen LogP contribution in [0.4, 0.5) is 0 Å². The average Bonchev–Trinajstić information content (AvgIpc) is 3.05. The number of phenols is 1. The molecule has 0 saturated carbocycles. The van der Waals surface area contributed by atoms with E-state index in [1.165, 1.54) is 0 Å². The Labute approximate surface area is 138 Å². The summed E-state index contributed by atoms with van der Waals surface area (Å²) >= 11 is 0. The van der Waals surface area contributed by atoms with Gasteiger partial charge in [0, 0.05) is 11.1 Å². The summed E-state index contributed by atoms with van der Waals surface area (Å²) in [7, 11) is 0. The third-order valence-electron chi connectivity index (χ3n) is 3.91. The second kappa shape index (κ2) is 5.79. The maximum Gasteiger partial charge on any atom is 0.154 e. The molecule has 0 aliphatic carbocycles. The molecule has 24 heavy (non-hydrogen) atoms. The number of hydrogen-bond acceptors (Lipinski definition) is 4. The molecule has 0 aliphatic rings. The van der Waals surface area contributed by atoms with Crippen molar-refractivity contribution in [3.05, 3.63) is 72.4 Å². The number of aliphatic hydroxyl groups excluding tert-OH is 1.